The van der Waals surface area contributed by atoms with Crippen LogP contribution in [0.5, 0.6) is 0 Å². The first-order valence-electron chi connectivity index (χ1n) is 7.72. The van der Waals surface area contributed by atoms with E-state index in [-0.39, 0.29) is 18.1 Å². The number of unbranched alkanes of at least 4 members (excludes halogenated alkanes) is 7. The van der Waals surface area contributed by atoms with Crippen molar-refractivity contribution in [1.82, 2.24) is 0 Å². The third kappa shape index (κ3) is 8.19. The Morgan fingerprint density at radius 3 is 1.90 bits per heavy atom. The van der Waals surface area contributed by atoms with Crippen LogP contribution in [0.25, 0.3) is 0 Å². The molecule has 0 amide bonds. The summed E-state index contributed by atoms with van der Waals surface area (Å²) in [7, 11) is -3.59. The minimum Gasteiger partial charge on any atom is -0.396 e. The number of aliphatic hydroxyl groups excluding tert-OH is 1. The molecule has 0 aliphatic rings. The first-order chi connectivity index (χ1) is 10.2. The van der Waals surface area contributed by atoms with Crippen LogP contribution in [0.4, 0.5) is 0 Å². The fraction of sp³-hybridized carbons (Fsp3) is 0.625. The van der Waals surface area contributed by atoms with Crippen molar-refractivity contribution in [3.63, 3.8) is 0 Å². The van der Waals surface area contributed by atoms with Crippen LogP contribution < -0.4 is 0 Å². The van der Waals surface area contributed by atoms with Gasteiger partial charge in [0.05, 0.1) is 11.5 Å². The molecule has 0 radical (unpaired) electrons. The van der Waals surface area contributed by atoms with E-state index in [0.717, 1.165) is 38.5 Å². The predicted molar refractivity (Wildman–Crippen MR) is 83.6 cm³/mol. The van der Waals surface area contributed by atoms with Gasteiger partial charge < -0.3 is 5.11 Å². The maximum Gasteiger partial charge on any atom is 0.296 e. The molecule has 4 nitrogen and oxygen atoms in total. The van der Waals surface area contributed by atoms with E-state index < -0.39 is 10.1 Å². The Labute approximate surface area is 128 Å². The van der Waals surface area contributed by atoms with E-state index in [9.17, 15) is 8.42 Å². The number of aliphatic hydroxyl groups is 1. The maximum absolute atomic E-state index is 11.8. The van der Waals surface area contributed by atoms with Crippen LogP contribution in [0.2, 0.25) is 0 Å². The molecule has 0 unspecified atom stereocenters. The van der Waals surface area contributed by atoms with Crippen molar-refractivity contribution in [3.05, 3.63) is 30.3 Å². The normalized spacial score (nSPS) is 11.7. The first kappa shape index (κ1) is 18.1. The summed E-state index contributed by atoms with van der Waals surface area (Å²) in [6.45, 7) is 0.537. The quantitative estimate of drug-likeness (QED) is 0.474. The molecule has 21 heavy (non-hydrogen) atoms. The van der Waals surface area contributed by atoms with E-state index >= 15 is 0 Å². The first-order valence-corrected chi connectivity index (χ1v) is 9.13. The molecule has 0 saturated heterocycles. The molecule has 5 heteroatoms. The Bertz CT molecular complexity index is 456. The van der Waals surface area contributed by atoms with Crippen LogP contribution in [0.3, 0.4) is 0 Å². The van der Waals surface area contributed by atoms with Crippen molar-refractivity contribution < 1.29 is 17.7 Å². The van der Waals surface area contributed by atoms with E-state index in [1.165, 1.54) is 12.8 Å². The molecule has 1 aromatic carbocycles. The molecule has 0 atom stereocenters. The van der Waals surface area contributed by atoms with Gasteiger partial charge in [-0.05, 0) is 25.0 Å². The Kier molecular flexibility index (Phi) is 9.30. The van der Waals surface area contributed by atoms with Gasteiger partial charge in [0, 0.05) is 6.61 Å². The molecule has 1 aromatic rings. The van der Waals surface area contributed by atoms with Gasteiger partial charge in [-0.15, -0.1) is 0 Å². The van der Waals surface area contributed by atoms with E-state index in [2.05, 4.69) is 0 Å². The van der Waals surface area contributed by atoms with Gasteiger partial charge in [0.15, 0.2) is 0 Å². The number of rotatable bonds is 12. The molecule has 0 aromatic heterocycles. The van der Waals surface area contributed by atoms with Gasteiger partial charge >= 0.3 is 0 Å². The summed E-state index contributed by atoms with van der Waals surface area (Å²) in [6, 6.07) is 8.24. The van der Waals surface area contributed by atoms with Crippen LogP contribution in [0.15, 0.2) is 35.2 Å². The second-order valence-electron chi connectivity index (χ2n) is 5.14. The van der Waals surface area contributed by atoms with E-state index in [0.29, 0.717) is 0 Å². The van der Waals surface area contributed by atoms with Crippen LogP contribution in [-0.2, 0) is 14.3 Å². The van der Waals surface area contributed by atoms with Crippen LogP contribution >= 0.6 is 0 Å². The third-order valence-corrected chi connectivity index (χ3v) is 4.65. The summed E-state index contributed by atoms with van der Waals surface area (Å²) in [5, 5.41) is 8.65. The van der Waals surface area contributed by atoms with Gasteiger partial charge in [0.25, 0.3) is 10.1 Å². The van der Waals surface area contributed by atoms with Crippen LogP contribution in [-0.4, -0.2) is 26.7 Å². The summed E-state index contributed by atoms with van der Waals surface area (Å²) >= 11 is 0. The molecule has 0 aliphatic carbocycles. The van der Waals surface area contributed by atoms with Gasteiger partial charge in [-0.25, -0.2) is 0 Å². The highest BCUT2D eigenvalue weighted by atomic mass is 32.2. The zero-order valence-electron chi connectivity index (χ0n) is 12.5. The van der Waals surface area contributed by atoms with Crippen LogP contribution in [0, 0.1) is 0 Å². The molecular weight excluding hydrogens is 288 g/mol. The molecular formula is C16H26O4S. The highest BCUT2D eigenvalue weighted by Gasteiger charge is 2.13. The van der Waals surface area contributed by atoms with Gasteiger partial charge in [0.1, 0.15) is 0 Å². The van der Waals surface area contributed by atoms with Gasteiger partial charge in [0.2, 0.25) is 0 Å². The lowest BCUT2D eigenvalue weighted by Crippen LogP contribution is -2.07. The average Bonchev–Trinajstić information content (AvgIpc) is 2.50. The number of hydrogen-bond acceptors (Lipinski definition) is 4. The van der Waals surface area contributed by atoms with Crippen molar-refractivity contribution in [2.75, 3.05) is 13.2 Å². The molecule has 0 heterocycles. The number of hydrogen-bond donors (Lipinski definition) is 1. The SMILES string of the molecule is O=S(=O)(OCCCCCCCCCCO)c1ccccc1. The molecule has 0 aliphatic heterocycles. The molecule has 120 valence electrons. The Hall–Kier alpha value is -0.910. The summed E-state index contributed by atoms with van der Waals surface area (Å²) < 4.78 is 28.7. The van der Waals surface area contributed by atoms with E-state index in [1.807, 2.05) is 0 Å². The lowest BCUT2D eigenvalue weighted by atomic mass is 10.1. The standard InChI is InChI=1S/C16H26O4S/c17-14-10-5-3-1-2-4-6-11-15-20-21(18,19)16-12-8-7-9-13-16/h7-9,12-13,17H,1-6,10-11,14-15H2. The Balaban J connectivity index is 2.04. The lowest BCUT2D eigenvalue weighted by Gasteiger charge is -2.05. The highest BCUT2D eigenvalue weighted by molar-refractivity contribution is 7.86. The lowest BCUT2D eigenvalue weighted by molar-refractivity contribution is 0.282. The van der Waals surface area contributed by atoms with Crippen molar-refractivity contribution in [2.45, 2.75) is 56.3 Å². The summed E-state index contributed by atoms with van der Waals surface area (Å²) in [5.74, 6) is 0. The van der Waals surface area contributed by atoms with Crippen molar-refractivity contribution >= 4 is 10.1 Å². The molecule has 1 N–H and O–H groups in total. The van der Waals surface area contributed by atoms with E-state index in [4.69, 9.17) is 9.29 Å². The zero-order valence-corrected chi connectivity index (χ0v) is 13.4. The van der Waals surface area contributed by atoms with Crippen LogP contribution in [0.1, 0.15) is 51.4 Å². The Morgan fingerprint density at radius 2 is 1.33 bits per heavy atom. The van der Waals surface area contributed by atoms with E-state index in [1.54, 1.807) is 30.3 Å². The van der Waals surface area contributed by atoms with Gasteiger partial charge in [-0.2, -0.15) is 8.42 Å². The highest BCUT2D eigenvalue weighted by Crippen LogP contribution is 2.13. The molecule has 0 spiro atoms. The Morgan fingerprint density at radius 1 is 0.810 bits per heavy atom. The van der Waals surface area contributed by atoms with Crippen molar-refractivity contribution in [3.8, 4) is 0 Å². The van der Waals surface area contributed by atoms with Crippen molar-refractivity contribution in [2.24, 2.45) is 0 Å². The fourth-order valence-electron chi connectivity index (χ4n) is 2.10. The third-order valence-electron chi connectivity index (χ3n) is 3.32. The van der Waals surface area contributed by atoms with Gasteiger partial charge in [-0.3, -0.25) is 4.18 Å². The predicted octanol–water partition coefficient (Wildman–Crippen LogP) is 3.51. The zero-order chi connectivity index (χ0) is 15.4. The topological polar surface area (TPSA) is 63.6 Å². The average molecular weight is 314 g/mol. The molecule has 0 bridgehead atoms. The smallest absolute Gasteiger partial charge is 0.296 e. The van der Waals surface area contributed by atoms with Crippen molar-refractivity contribution in [1.29, 1.82) is 0 Å². The number of benzene rings is 1. The summed E-state index contributed by atoms with van der Waals surface area (Å²) in [6.07, 6.45) is 8.36. The summed E-state index contributed by atoms with van der Waals surface area (Å²) in [4.78, 5) is 0.217. The molecule has 0 fully saturated rings. The fourth-order valence-corrected chi connectivity index (χ4v) is 3.06. The minimum absolute atomic E-state index is 0.217. The monoisotopic (exact) mass is 314 g/mol. The van der Waals surface area contributed by atoms with Gasteiger partial charge in [-0.1, -0.05) is 56.7 Å². The largest absolute Gasteiger partial charge is 0.396 e. The maximum atomic E-state index is 11.8. The minimum atomic E-state index is -3.59. The second-order valence-corrected chi connectivity index (χ2v) is 6.76. The summed E-state index contributed by atoms with van der Waals surface area (Å²) in [5.41, 5.74) is 0. The molecule has 0 saturated carbocycles. The molecule has 1 rings (SSSR count). The second kappa shape index (κ2) is 10.8.